The number of hydrogen-bond donors (Lipinski definition) is 4. The molecule has 120 valence electrons. The molecular weight excluding hydrogens is 310 g/mol. The van der Waals surface area contributed by atoms with E-state index in [1.165, 1.54) is 12.1 Å². The van der Waals surface area contributed by atoms with Crippen molar-refractivity contribution in [2.45, 2.75) is 31.7 Å². The normalized spacial score (nSPS) is 13.6. The zero-order chi connectivity index (χ0) is 16.7. The van der Waals surface area contributed by atoms with Gasteiger partial charge in [-0.15, -0.1) is 0 Å². The second kappa shape index (κ2) is 5.58. The van der Waals surface area contributed by atoms with Crippen LogP contribution in [0.15, 0.2) is 21.8 Å². The Bertz CT molecular complexity index is 879. The second-order valence-corrected chi connectivity index (χ2v) is 7.11. The predicted molar refractivity (Wildman–Crippen MR) is 80.2 cm³/mol. The van der Waals surface area contributed by atoms with Gasteiger partial charge in [-0.1, -0.05) is 13.8 Å². The Morgan fingerprint density at radius 1 is 1.23 bits per heavy atom. The summed E-state index contributed by atoms with van der Waals surface area (Å²) in [6.07, 6.45) is 0. The Kier molecular flexibility index (Phi) is 4.12. The third-order valence-corrected chi connectivity index (χ3v) is 4.90. The number of H-pyrrole nitrogens is 2. The highest BCUT2D eigenvalue weighted by atomic mass is 32.2. The lowest BCUT2D eigenvalue weighted by atomic mass is 10.1. The third kappa shape index (κ3) is 3.04. The first-order chi connectivity index (χ1) is 10.1. The van der Waals surface area contributed by atoms with Gasteiger partial charge in [0.05, 0.1) is 15.9 Å². The molecule has 0 fully saturated rings. The van der Waals surface area contributed by atoms with E-state index in [9.17, 15) is 18.0 Å². The van der Waals surface area contributed by atoms with Crippen LogP contribution in [-0.2, 0) is 14.8 Å². The Balaban J connectivity index is 2.51. The van der Waals surface area contributed by atoms with Crippen LogP contribution in [0.4, 0.5) is 0 Å². The summed E-state index contributed by atoms with van der Waals surface area (Å²) < 4.78 is 27.1. The number of aliphatic carboxylic acids is 1. The minimum Gasteiger partial charge on any atom is -0.480 e. The summed E-state index contributed by atoms with van der Waals surface area (Å²) in [6, 6.07) is 1.60. The maximum absolute atomic E-state index is 12.4. The van der Waals surface area contributed by atoms with Gasteiger partial charge >= 0.3 is 11.7 Å². The van der Waals surface area contributed by atoms with Gasteiger partial charge in [-0.2, -0.15) is 4.72 Å². The van der Waals surface area contributed by atoms with E-state index in [0.717, 1.165) is 0 Å². The van der Waals surface area contributed by atoms with E-state index in [2.05, 4.69) is 14.7 Å². The quantitative estimate of drug-likeness (QED) is 0.637. The van der Waals surface area contributed by atoms with Crippen molar-refractivity contribution in [3.63, 3.8) is 0 Å². The maximum Gasteiger partial charge on any atom is 0.323 e. The fourth-order valence-corrected chi connectivity index (χ4v) is 3.75. The highest BCUT2D eigenvalue weighted by molar-refractivity contribution is 7.89. The van der Waals surface area contributed by atoms with Crippen LogP contribution >= 0.6 is 0 Å². The molecule has 0 aliphatic carbocycles. The monoisotopic (exact) mass is 327 g/mol. The molecule has 8 nitrogen and oxygen atoms in total. The molecule has 1 heterocycles. The first kappa shape index (κ1) is 16.2. The van der Waals surface area contributed by atoms with Crippen molar-refractivity contribution in [2.75, 3.05) is 0 Å². The van der Waals surface area contributed by atoms with Crippen LogP contribution in [0.1, 0.15) is 19.4 Å². The van der Waals surface area contributed by atoms with Gasteiger partial charge in [0.2, 0.25) is 10.0 Å². The summed E-state index contributed by atoms with van der Waals surface area (Å²) in [5, 5.41) is 9.12. The molecule has 1 aromatic carbocycles. The molecule has 0 unspecified atom stereocenters. The molecule has 9 heteroatoms. The fraction of sp³-hybridized carbons (Fsp3) is 0.385. The van der Waals surface area contributed by atoms with Crippen LogP contribution in [0.3, 0.4) is 0 Å². The van der Waals surface area contributed by atoms with Crippen LogP contribution in [-0.4, -0.2) is 35.5 Å². The Morgan fingerprint density at radius 2 is 1.77 bits per heavy atom. The fourth-order valence-electron chi connectivity index (χ4n) is 2.16. The number of carbonyl (C=O) groups is 1. The molecule has 0 radical (unpaired) electrons. The van der Waals surface area contributed by atoms with Crippen molar-refractivity contribution < 1.29 is 18.3 Å². The van der Waals surface area contributed by atoms with Crippen LogP contribution in [0, 0.1) is 12.8 Å². The molecule has 4 N–H and O–H groups in total. The average molecular weight is 327 g/mol. The summed E-state index contributed by atoms with van der Waals surface area (Å²) in [4.78, 5) is 27.4. The number of carboxylic acid groups (broad SMARTS) is 1. The summed E-state index contributed by atoms with van der Waals surface area (Å²) >= 11 is 0. The first-order valence-corrected chi connectivity index (χ1v) is 8.08. The number of aryl methyl sites for hydroxylation is 1. The van der Waals surface area contributed by atoms with Crippen LogP contribution in [0.5, 0.6) is 0 Å². The van der Waals surface area contributed by atoms with Crippen molar-refractivity contribution in [3.05, 3.63) is 28.2 Å². The van der Waals surface area contributed by atoms with E-state index in [1.807, 2.05) is 0 Å². The number of aromatic amines is 2. The van der Waals surface area contributed by atoms with E-state index in [-0.39, 0.29) is 4.90 Å². The number of benzene rings is 1. The van der Waals surface area contributed by atoms with Crippen LogP contribution in [0.2, 0.25) is 0 Å². The number of sulfonamides is 1. The van der Waals surface area contributed by atoms with Gasteiger partial charge in [0.25, 0.3) is 0 Å². The van der Waals surface area contributed by atoms with Crippen molar-refractivity contribution in [2.24, 2.45) is 5.92 Å². The summed E-state index contributed by atoms with van der Waals surface area (Å²) in [5.41, 5.74) is 0.790. The lowest BCUT2D eigenvalue weighted by Gasteiger charge is -2.18. The zero-order valence-electron chi connectivity index (χ0n) is 12.3. The van der Waals surface area contributed by atoms with E-state index in [1.54, 1.807) is 20.8 Å². The van der Waals surface area contributed by atoms with E-state index < -0.39 is 33.6 Å². The number of imidazole rings is 1. The Hall–Kier alpha value is -2.13. The van der Waals surface area contributed by atoms with Gasteiger partial charge in [-0.3, -0.25) is 4.79 Å². The van der Waals surface area contributed by atoms with Crippen molar-refractivity contribution in [3.8, 4) is 0 Å². The molecule has 2 rings (SSSR count). The molecule has 1 atom stereocenters. The largest absolute Gasteiger partial charge is 0.480 e. The molecule has 0 bridgehead atoms. The molecule has 0 saturated heterocycles. The SMILES string of the molecule is Cc1cc2[nH]c(=O)[nH]c2cc1S(=O)(=O)N[C@@H](C(=O)O)C(C)C. The molecule has 0 saturated carbocycles. The summed E-state index contributed by atoms with van der Waals surface area (Å²) in [6.45, 7) is 4.80. The van der Waals surface area contributed by atoms with Crippen LogP contribution in [0.25, 0.3) is 11.0 Å². The van der Waals surface area contributed by atoms with Crippen molar-refractivity contribution in [1.82, 2.24) is 14.7 Å². The maximum atomic E-state index is 12.4. The van der Waals surface area contributed by atoms with Gasteiger partial charge in [0.15, 0.2) is 0 Å². The molecule has 2 aromatic rings. The van der Waals surface area contributed by atoms with E-state index >= 15 is 0 Å². The predicted octanol–water partition coefficient (Wildman–Crippen LogP) is 0.552. The van der Waals surface area contributed by atoms with E-state index in [0.29, 0.717) is 16.6 Å². The molecule has 0 aliphatic rings. The first-order valence-electron chi connectivity index (χ1n) is 6.59. The molecule has 0 amide bonds. The van der Waals surface area contributed by atoms with Crippen molar-refractivity contribution >= 4 is 27.0 Å². The molecule has 22 heavy (non-hydrogen) atoms. The summed E-state index contributed by atoms with van der Waals surface area (Å²) in [7, 11) is -4.03. The minimum absolute atomic E-state index is 0.0675. The molecule has 0 spiro atoms. The number of nitrogens with one attached hydrogen (secondary N) is 3. The van der Waals surface area contributed by atoms with Gasteiger partial charge in [0, 0.05) is 0 Å². The number of carboxylic acids is 1. The minimum atomic E-state index is -4.03. The Labute approximate surface area is 126 Å². The lowest BCUT2D eigenvalue weighted by Crippen LogP contribution is -2.44. The smallest absolute Gasteiger partial charge is 0.323 e. The highest BCUT2D eigenvalue weighted by Crippen LogP contribution is 2.21. The third-order valence-electron chi connectivity index (χ3n) is 3.32. The topological polar surface area (TPSA) is 132 Å². The van der Waals surface area contributed by atoms with Gasteiger partial charge in [-0.25, -0.2) is 13.2 Å². The number of aromatic nitrogens is 2. The number of hydrogen-bond acceptors (Lipinski definition) is 4. The summed E-state index contributed by atoms with van der Waals surface area (Å²) in [5.74, 6) is -1.66. The van der Waals surface area contributed by atoms with Gasteiger partial charge in [-0.05, 0) is 30.5 Å². The average Bonchev–Trinajstić information content (AvgIpc) is 2.73. The zero-order valence-corrected chi connectivity index (χ0v) is 13.1. The second-order valence-electron chi connectivity index (χ2n) is 5.42. The molecular formula is C13H17N3O5S. The van der Waals surface area contributed by atoms with Crippen molar-refractivity contribution in [1.29, 1.82) is 0 Å². The lowest BCUT2D eigenvalue weighted by molar-refractivity contribution is -0.140. The van der Waals surface area contributed by atoms with Gasteiger partial charge < -0.3 is 15.1 Å². The standard InChI is InChI=1S/C13H17N3O5S/c1-6(2)11(12(17)18)16-22(20,21)10-5-9-8(4-7(10)3)14-13(19)15-9/h4-6,11,16H,1-3H3,(H,17,18)(H2,14,15,19)/t11-/m1/s1. The highest BCUT2D eigenvalue weighted by Gasteiger charge is 2.29. The number of rotatable bonds is 5. The molecule has 0 aliphatic heterocycles. The van der Waals surface area contributed by atoms with Crippen LogP contribution < -0.4 is 10.4 Å². The molecule has 1 aromatic heterocycles. The van der Waals surface area contributed by atoms with Gasteiger partial charge in [0.1, 0.15) is 6.04 Å². The Morgan fingerprint density at radius 3 is 2.27 bits per heavy atom. The van der Waals surface area contributed by atoms with E-state index in [4.69, 9.17) is 5.11 Å². The number of fused-ring (bicyclic) bond motifs is 1.